The van der Waals surface area contributed by atoms with Gasteiger partial charge in [-0.25, -0.2) is 0 Å². The highest BCUT2D eigenvalue weighted by molar-refractivity contribution is 5.80. The van der Waals surface area contributed by atoms with Gasteiger partial charge in [0.2, 0.25) is 5.91 Å². The van der Waals surface area contributed by atoms with E-state index in [2.05, 4.69) is 15.4 Å². The molecule has 2 atom stereocenters. The topological polar surface area (TPSA) is 88.5 Å². The minimum Gasteiger partial charge on any atom is -0.370 e. The summed E-state index contributed by atoms with van der Waals surface area (Å²) in [7, 11) is 3.79. The smallest absolute Gasteiger partial charge is 0.223 e. The zero-order valence-corrected chi connectivity index (χ0v) is 14.8. The van der Waals surface area contributed by atoms with Crippen LogP contribution >= 0.6 is 0 Å². The number of likely N-dealkylation sites (tertiary alicyclic amines) is 1. The van der Waals surface area contributed by atoms with Crippen LogP contribution < -0.4 is 11.1 Å². The van der Waals surface area contributed by atoms with Crippen molar-refractivity contribution in [2.24, 2.45) is 23.7 Å². The largest absolute Gasteiger partial charge is 0.370 e. The molecule has 3 rings (SSSR count). The van der Waals surface area contributed by atoms with Crippen LogP contribution in [-0.4, -0.2) is 46.2 Å². The Morgan fingerprint density at radius 2 is 2.12 bits per heavy atom. The molecule has 0 bridgehead atoms. The molecule has 0 radical (unpaired) electrons. The fraction of sp³-hybridized carbons (Fsp3) is 0.706. The maximum Gasteiger partial charge on any atom is 0.223 e. The van der Waals surface area contributed by atoms with Crippen LogP contribution in [0.5, 0.6) is 0 Å². The lowest BCUT2D eigenvalue weighted by Crippen LogP contribution is -2.39. The molecule has 1 saturated carbocycles. The lowest BCUT2D eigenvalue weighted by atomic mass is 9.94. The molecule has 0 spiro atoms. The van der Waals surface area contributed by atoms with E-state index >= 15 is 0 Å². The van der Waals surface area contributed by atoms with Gasteiger partial charge in [0.15, 0.2) is 5.96 Å². The Labute approximate surface area is 143 Å². The summed E-state index contributed by atoms with van der Waals surface area (Å²) >= 11 is 0. The number of nitrogens with two attached hydrogens (primary N) is 1. The van der Waals surface area contributed by atoms with Crippen molar-refractivity contribution in [3.05, 3.63) is 17.5 Å². The molecule has 1 aliphatic carbocycles. The third-order valence-electron chi connectivity index (χ3n) is 5.49. The Morgan fingerprint density at radius 1 is 1.42 bits per heavy atom. The number of amides is 1. The molecule has 132 valence electrons. The molecule has 2 fully saturated rings. The highest BCUT2D eigenvalue weighted by Crippen LogP contribution is 2.38. The maximum atomic E-state index is 12.2. The van der Waals surface area contributed by atoms with Crippen LogP contribution in [0.4, 0.5) is 0 Å². The highest BCUT2D eigenvalue weighted by atomic mass is 16.2. The highest BCUT2D eigenvalue weighted by Gasteiger charge is 2.39. The number of aromatic nitrogens is 2. The average molecular weight is 332 g/mol. The Hall–Kier alpha value is -2.05. The van der Waals surface area contributed by atoms with Gasteiger partial charge in [-0.3, -0.25) is 14.5 Å². The SMILES string of the molecule is Cc1c([C@H]2[C@H](CN=C(N)NC3CCCC3)CC(=O)N2C)cnn1C. The van der Waals surface area contributed by atoms with Crippen molar-refractivity contribution in [2.75, 3.05) is 13.6 Å². The average Bonchev–Trinajstić information content (AvgIpc) is 3.23. The maximum absolute atomic E-state index is 12.2. The minimum absolute atomic E-state index is 0.0224. The number of nitrogens with zero attached hydrogens (tertiary/aromatic N) is 4. The second kappa shape index (κ2) is 6.83. The fourth-order valence-corrected chi connectivity index (χ4v) is 3.92. The van der Waals surface area contributed by atoms with Gasteiger partial charge in [0, 0.05) is 50.3 Å². The van der Waals surface area contributed by atoms with Crippen molar-refractivity contribution >= 4 is 11.9 Å². The molecule has 1 aromatic rings. The zero-order valence-electron chi connectivity index (χ0n) is 14.8. The van der Waals surface area contributed by atoms with Crippen molar-refractivity contribution < 1.29 is 4.79 Å². The van der Waals surface area contributed by atoms with Gasteiger partial charge in [-0.15, -0.1) is 0 Å². The normalized spacial score (nSPS) is 25.7. The molecule has 2 aliphatic rings. The summed E-state index contributed by atoms with van der Waals surface area (Å²) in [5, 5.41) is 7.63. The number of carbonyl (C=O) groups excluding carboxylic acids is 1. The molecule has 24 heavy (non-hydrogen) atoms. The quantitative estimate of drug-likeness (QED) is 0.638. The zero-order chi connectivity index (χ0) is 17.3. The summed E-state index contributed by atoms with van der Waals surface area (Å²) < 4.78 is 1.85. The van der Waals surface area contributed by atoms with Gasteiger partial charge in [0.1, 0.15) is 0 Å². The predicted octanol–water partition coefficient (Wildman–Crippen LogP) is 1.09. The van der Waals surface area contributed by atoms with Crippen molar-refractivity contribution in [3.8, 4) is 0 Å². The second-order valence-corrected chi connectivity index (χ2v) is 7.07. The Bertz CT molecular complexity index is 631. The van der Waals surface area contributed by atoms with Gasteiger partial charge >= 0.3 is 0 Å². The third kappa shape index (κ3) is 3.25. The van der Waals surface area contributed by atoms with E-state index in [1.807, 2.05) is 36.8 Å². The summed E-state index contributed by atoms with van der Waals surface area (Å²) in [6.07, 6.45) is 7.23. The Kier molecular flexibility index (Phi) is 4.78. The van der Waals surface area contributed by atoms with Crippen LogP contribution in [-0.2, 0) is 11.8 Å². The third-order valence-corrected chi connectivity index (χ3v) is 5.49. The molecular weight excluding hydrogens is 304 g/mol. The van der Waals surface area contributed by atoms with E-state index in [1.54, 1.807) is 0 Å². The standard InChI is InChI=1S/C17H28N6O/c1-11-14(10-20-23(11)3)16-12(8-15(24)22(16)2)9-19-17(18)21-13-6-4-5-7-13/h10,12-13,16H,4-9H2,1-3H3,(H3,18,19,21)/t12-,16+/m0/s1. The summed E-state index contributed by atoms with van der Waals surface area (Å²) in [6.45, 7) is 2.59. The van der Waals surface area contributed by atoms with Crippen molar-refractivity contribution in [1.82, 2.24) is 20.0 Å². The molecule has 7 heteroatoms. The van der Waals surface area contributed by atoms with Crippen LogP contribution in [0, 0.1) is 12.8 Å². The second-order valence-electron chi connectivity index (χ2n) is 7.07. The van der Waals surface area contributed by atoms with Gasteiger partial charge in [-0.05, 0) is 19.8 Å². The number of guanidine groups is 1. The first-order valence-electron chi connectivity index (χ1n) is 8.78. The van der Waals surface area contributed by atoms with Crippen molar-refractivity contribution in [1.29, 1.82) is 0 Å². The summed E-state index contributed by atoms with van der Waals surface area (Å²) in [4.78, 5) is 18.6. The van der Waals surface area contributed by atoms with Gasteiger partial charge in [0.25, 0.3) is 0 Å². The molecule has 2 heterocycles. The van der Waals surface area contributed by atoms with Crippen LogP contribution in [0.15, 0.2) is 11.2 Å². The van der Waals surface area contributed by atoms with E-state index in [9.17, 15) is 4.79 Å². The van der Waals surface area contributed by atoms with Gasteiger partial charge in [-0.1, -0.05) is 12.8 Å². The first-order chi connectivity index (χ1) is 11.5. The fourth-order valence-electron chi connectivity index (χ4n) is 3.92. The molecule has 0 unspecified atom stereocenters. The summed E-state index contributed by atoms with van der Waals surface area (Å²) in [5.41, 5.74) is 8.24. The molecule has 3 N–H and O–H groups in total. The molecule has 1 amide bonds. The van der Waals surface area contributed by atoms with E-state index in [-0.39, 0.29) is 17.9 Å². The molecule has 1 saturated heterocycles. The van der Waals surface area contributed by atoms with Crippen LogP contribution in [0.2, 0.25) is 0 Å². The number of carbonyl (C=O) groups is 1. The number of hydrogen-bond acceptors (Lipinski definition) is 3. The lowest BCUT2D eigenvalue weighted by Gasteiger charge is -2.24. The number of aliphatic imine (C=N–C) groups is 1. The number of aryl methyl sites for hydroxylation is 1. The summed E-state index contributed by atoms with van der Waals surface area (Å²) in [5.74, 6) is 0.797. The van der Waals surface area contributed by atoms with Crippen LogP contribution in [0.1, 0.15) is 49.4 Å². The van der Waals surface area contributed by atoms with Crippen molar-refractivity contribution in [2.45, 2.75) is 51.1 Å². The minimum atomic E-state index is 0.0224. The van der Waals surface area contributed by atoms with E-state index in [0.29, 0.717) is 25.0 Å². The summed E-state index contributed by atoms with van der Waals surface area (Å²) in [6, 6.07) is 0.479. The molecule has 1 aromatic heterocycles. The van der Waals surface area contributed by atoms with E-state index < -0.39 is 0 Å². The molecular formula is C17H28N6O. The number of nitrogens with one attached hydrogen (secondary N) is 1. The Morgan fingerprint density at radius 3 is 2.75 bits per heavy atom. The van der Waals surface area contributed by atoms with Crippen LogP contribution in [0.25, 0.3) is 0 Å². The first-order valence-corrected chi connectivity index (χ1v) is 8.78. The lowest BCUT2D eigenvalue weighted by molar-refractivity contribution is -0.127. The van der Waals surface area contributed by atoms with E-state index in [0.717, 1.165) is 11.3 Å². The Balaban J connectivity index is 1.70. The first kappa shape index (κ1) is 16.8. The van der Waals surface area contributed by atoms with Crippen LogP contribution in [0.3, 0.4) is 0 Å². The van der Waals surface area contributed by atoms with E-state index in [1.165, 1.54) is 25.7 Å². The molecule has 7 nitrogen and oxygen atoms in total. The number of hydrogen-bond donors (Lipinski definition) is 2. The number of rotatable bonds is 4. The van der Waals surface area contributed by atoms with Gasteiger partial charge in [-0.2, -0.15) is 5.10 Å². The van der Waals surface area contributed by atoms with E-state index in [4.69, 9.17) is 5.73 Å². The van der Waals surface area contributed by atoms with Crippen molar-refractivity contribution in [3.63, 3.8) is 0 Å². The predicted molar refractivity (Wildman–Crippen MR) is 93.4 cm³/mol. The van der Waals surface area contributed by atoms with Gasteiger partial charge < -0.3 is 16.0 Å². The molecule has 1 aliphatic heterocycles. The monoisotopic (exact) mass is 332 g/mol. The molecule has 0 aromatic carbocycles. The van der Waals surface area contributed by atoms with Gasteiger partial charge in [0.05, 0.1) is 12.2 Å².